The van der Waals surface area contributed by atoms with Gasteiger partial charge in [-0.1, -0.05) is 0 Å². The van der Waals surface area contributed by atoms with Crippen molar-refractivity contribution in [3.63, 3.8) is 0 Å². The Bertz CT molecular complexity index is 331. The molecule has 96 valence electrons. The molecule has 0 amide bonds. The quantitative estimate of drug-likeness (QED) is 0.177. The van der Waals surface area contributed by atoms with Gasteiger partial charge in [0.15, 0.2) is 0 Å². The van der Waals surface area contributed by atoms with E-state index in [1.165, 1.54) is 11.9 Å². The summed E-state index contributed by atoms with van der Waals surface area (Å²) in [7, 11) is 0. The molecule has 1 aliphatic rings. The van der Waals surface area contributed by atoms with Gasteiger partial charge in [0.2, 0.25) is 5.28 Å². The van der Waals surface area contributed by atoms with Crippen LogP contribution >= 0.6 is 0 Å². The fraction of sp³-hybridized carbons (Fsp3) is 0.750. The topological polar surface area (TPSA) is 114 Å². The van der Waals surface area contributed by atoms with Crippen molar-refractivity contribution in [2.75, 3.05) is 19.9 Å². The predicted molar refractivity (Wildman–Crippen MR) is 51.1 cm³/mol. The molecule has 1 aliphatic heterocycles. The number of hydrazine groups is 1. The molecular weight excluding hydrogens is 234 g/mol. The molecule has 1 heterocycles. The number of carbonyl (C=O) groups is 2. The molecule has 0 aromatic carbocycles. The van der Waals surface area contributed by atoms with Gasteiger partial charge in [0, 0.05) is 6.92 Å². The summed E-state index contributed by atoms with van der Waals surface area (Å²) in [6, 6.07) is 0. The average molecular weight is 247 g/mol. The molecule has 0 saturated carbocycles. The van der Waals surface area contributed by atoms with Crippen LogP contribution in [0.1, 0.15) is 13.3 Å². The zero-order chi connectivity index (χ0) is 12.8. The molecule has 0 aromatic heterocycles. The molecule has 1 atom stereocenters. The molecule has 0 aromatic rings. The normalized spacial score (nSPS) is 20.2. The standard InChI is InChI=1S/C8H13N3O6/c1-6(12)16-5-17-9-11(15)10-3-2-7(4-10)8(13)14/h7H,2-5H2,1H3,(H,13,14)/b11-9-. The second kappa shape index (κ2) is 5.87. The van der Waals surface area contributed by atoms with E-state index in [0.717, 1.165) is 0 Å². The molecule has 1 fully saturated rings. The van der Waals surface area contributed by atoms with Crippen LogP contribution in [0.4, 0.5) is 0 Å². The molecule has 1 unspecified atom stereocenters. The summed E-state index contributed by atoms with van der Waals surface area (Å²) in [6.45, 7) is 1.11. The van der Waals surface area contributed by atoms with Gasteiger partial charge in [-0.3, -0.25) is 9.59 Å². The Morgan fingerprint density at radius 3 is 2.88 bits per heavy atom. The second-order valence-corrected chi connectivity index (χ2v) is 3.45. The number of esters is 1. The van der Waals surface area contributed by atoms with Crippen molar-refractivity contribution in [2.45, 2.75) is 13.3 Å². The summed E-state index contributed by atoms with van der Waals surface area (Å²) in [5.74, 6) is -2.07. The van der Waals surface area contributed by atoms with Crippen molar-refractivity contribution < 1.29 is 29.2 Å². The fourth-order valence-corrected chi connectivity index (χ4v) is 1.33. The zero-order valence-electron chi connectivity index (χ0n) is 9.24. The lowest BCUT2D eigenvalue weighted by Gasteiger charge is -2.10. The summed E-state index contributed by atoms with van der Waals surface area (Å²) in [5, 5.41) is 24.3. The zero-order valence-corrected chi connectivity index (χ0v) is 9.24. The lowest BCUT2D eigenvalue weighted by atomic mass is 10.1. The van der Waals surface area contributed by atoms with Crippen LogP contribution in [0.2, 0.25) is 0 Å². The van der Waals surface area contributed by atoms with E-state index in [1.807, 2.05) is 0 Å². The van der Waals surface area contributed by atoms with Gasteiger partial charge in [0.25, 0.3) is 6.79 Å². The number of carboxylic acid groups (broad SMARTS) is 1. The van der Waals surface area contributed by atoms with E-state index in [9.17, 15) is 14.8 Å². The highest BCUT2D eigenvalue weighted by Gasteiger charge is 2.32. The molecule has 1 rings (SSSR count). The highest BCUT2D eigenvalue weighted by Crippen LogP contribution is 2.16. The van der Waals surface area contributed by atoms with E-state index in [1.54, 1.807) is 0 Å². The third-order valence-corrected chi connectivity index (χ3v) is 2.20. The van der Waals surface area contributed by atoms with Gasteiger partial charge in [0.1, 0.15) is 0 Å². The summed E-state index contributed by atoms with van der Waals surface area (Å²) >= 11 is 0. The van der Waals surface area contributed by atoms with Gasteiger partial charge < -0.3 is 19.9 Å². The van der Waals surface area contributed by atoms with Crippen LogP contribution in [0, 0.1) is 11.1 Å². The molecule has 0 radical (unpaired) electrons. The van der Waals surface area contributed by atoms with Gasteiger partial charge in [-0.2, -0.15) is 0 Å². The summed E-state index contributed by atoms with van der Waals surface area (Å²) in [4.78, 5) is 25.6. The molecular formula is C8H13N3O6. The first-order chi connectivity index (χ1) is 8.00. The summed E-state index contributed by atoms with van der Waals surface area (Å²) in [6.07, 6.45) is 0.382. The number of carbonyl (C=O) groups excluding carboxylic acids is 1. The van der Waals surface area contributed by atoms with Crippen LogP contribution in [0.5, 0.6) is 0 Å². The van der Waals surface area contributed by atoms with Gasteiger partial charge in [-0.25, -0.2) is 0 Å². The van der Waals surface area contributed by atoms with E-state index < -0.39 is 24.6 Å². The predicted octanol–water partition coefficient (Wildman–Crippen LogP) is -0.277. The Morgan fingerprint density at radius 2 is 2.35 bits per heavy atom. The first-order valence-corrected chi connectivity index (χ1v) is 4.92. The van der Waals surface area contributed by atoms with Crippen LogP contribution in [-0.4, -0.2) is 46.9 Å². The molecule has 1 saturated heterocycles. The number of ether oxygens (including phenoxy) is 1. The SMILES string of the molecule is CC(=O)OCO/N=[N+](\[O-])N1CCC(C(=O)O)C1. The Morgan fingerprint density at radius 1 is 1.65 bits per heavy atom. The van der Waals surface area contributed by atoms with Crippen LogP contribution < -0.4 is 0 Å². The van der Waals surface area contributed by atoms with Gasteiger partial charge in [-0.05, 0) is 6.42 Å². The smallest absolute Gasteiger partial charge is 0.308 e. The van der Waals surface area contributed by atoms with Crippen LogP contribution in [0.3, 0.4) is 0 Å². The Labute approximate surface area is 96.7 Å². The largest absolute Gasteiger partial charge is 0.569 e. The summed E-state index contributed by atoms with van der Waals surface area (Å²) < 4.78 is 4.38. The maximum atomic E-state index is 11.3. The van der Waals surface area contributed by atoms with Gasteiger partial charge in [-0.15, -0.1) is 5.01 Å². The highest BCUT2D eigenvalue weighted by molar-refractivity contribution is 5.70. The maximum absolute atomic E-state index is 11.3. The maximum Gasteiger partial charge on any atom is 0.308 e. The third-order valence-electron chi connectivity index (χ3n) is 2.20. The molecule has 17 heavy (non-hydrogen) atoms. The lowest BCUT2D eigenvalue weighted by molar-refractivity contribution is -0.708. The Balaban J connectivity index is 2.33. The van der Waals surface area contributed by atoms with Crippen molar-refractivity contribution in [3.8, 4) is 0 Å². The molecule has 1 N–H and O–H groups in total. The monoisotopic (exact) mass is 247 g/mol. The third kappa shape index (κ3) is 4.13. The van der Waals surface area contributed by atoms with Crippen molar-refractivity contribution in [3.05, 3.63) is 5.21 Å². The number of hydrogen-bond donors (Lipinski definition) is 1. The molecule has 0 aliphatic carbocycles. The van der Waals surface area contributed by atoms with Crippen molar-refractivity contribution in [1.29, 1.82) is 0 Å². The van der Waals surface area contributed by atoms with E-state index >= 15 is 0 Å². The average Bonchev–Trinajstić information content (AvgIpc) is 2.73. The minimum Gasteiger partial charge on any atom is -0.569 e. The van der Waals surface area contributed by atoms with Gasteiger partial charge in [0.05, 0.1) is 24.0 Å². The first kappa shape index (κ1) is 13.0. The van der Waals surface area contributed by atoms with Crippen molar-refractivity contribution in [2.24, 2.45) is 11.2 Å². The number of rotatable bonds is 5. The van der Waals surface area contributed by atoms with E-state index in [0.29, 0.717) is 13.0 Å². The highest BCUT2D eigenvalue weighted by atomic mass is 16.8. The fourth-order valence-electron chi connectivity index (χ4n) is 1.33. The van der Waals surface area contributed by atoms with Crippen LogP contribution in [0.25, 0.3) is 0 Å². The lowest BCUT2D eigenvalue weighted by Crippen LogP contribution is -2.29. The summed E-state index contributed by atoms with van der Waals surface area (Å²) in [5.41, 5.74) is 0. The molecule has 0 spiro atoms. The Hall–Kier alpha value is -2.06. The number of hydrogen-bond acceptors (Lipinski definition) is 6. The van der Waals surface area contributed by atoms with E-state index in [2.05, 4.69) is 14.9 Å². The van der Waals surface area contributed by atoms with Crippen molar-refractivity contribution >= 4 is 11.9 Å². The number of nitrogens with zero attached hydrogens (tertiary/aromatic N) is 3. The second-order valence-electron chi connectivity index (χ2n) is 3.45. The number of carboxylic acids is 1. The molecule has 9 heteroatoms. The van der Waals surface area contributed by atoms with Gasteiger partial charge >= 0.3 is 11.9 Å². The van der Waals surface area contributed by atoms with Crippen LogP contribution in [0.15, 0.2) is 5.28 Å². The Kier molecular flexibility index (Phi) is 4.49. The van der Waals surface area contributed by atoms with Crippen LogP contribution in [-0.2, 0) is 19.2 Å². The number of aliphatic carboxylic acids is 1. The molecule has 0 bridgehead atoms. The van der Waals surface area contributed by atoms with E-state index in [4.69, 9.17) is 5.11 Å². The minimum absolute atomic E-state index is 0.0826. The first-order valence-electron chi connectivity index (χ1n) is 4.92. The minimum atomic E-state index is -0.943. The van der Waals surface area contributed by atoms with Crippen molar-refractivity contribution in [1.82, 2.24) is 5.01 Å². The molecule has 9 nitrogen and oxygen atoms in total. The van der Waals surface area contributed by atoms with E-state index in [-0.39, 0.29) is 11.5 Å².